The van der Waals surface area contributed by atoms with Crippen LogP contribution in [0.5, 0.6) is 5.75 Å². The molecule has 6 heteroatoms. The van der Waals surface area contributed by atoms with Crippen LogP contribution in [-0.4, -0.2) is 30.0 Å². The van der Waals surface area contributed by atoms with Crippen molar-refractivity contribution in [2.45, 2.75) is 6.92 Å². The van der Waals surface area contributed by atoms with Gasteiger partial charge in [0.05, 0.1) is 6.61 Å². The van der Waals surface area contributed by atoms with E-state index in [-0.39, 0.29) is 10.3 Å². The topological polar surface area (TPSA) is 44.2 Å². The van der Waals surface area contributed by atoms with Gasteiger partial charge in [-0.05, 0) is 6.92 Å². The van der Waals surface area contributed by atoms with Crippen LogP contribution in [-0.2, 0) is 4.74 Å². The van der Waals surface area contributed by atoms with E-state index in [4.69, 9.17) is 32.7 Å². The third-order valence-corrected chi connectivity index (χ3v) is 1.82. The smallest absolute Gasteiger partial charge is 0.193 e. The summed E-state index contributed by atoms with van der Waals surface area (Å²) in [5, 5.41) is 7.60. The fourth-order valence-corrected chi connectivity index (χ4v) is 1.08. The second kappa shape index (κ2) is 6.01. The summed E-state index contributed by atoms with van der Waals surface area (Å²) in [5.74, 6) is 0.423. The molecule has 1 rings (SSSR count). The van der Waals surface area contributed by atoms with Crippen LogP contribution in [0, 0.1) is 0 Å². The Hall–Kier alpha value is -0.580. The first kappa shape index (κ1) is 11.5. The largest absolute Gasteiger partial charge is 0.488 e. The van der Waals surface area contributed by atoms with Crippen LogP contribution >= 0.6 is 23.2 Å². The molecule has 0 fully saturated rings. The molecule has 0 aliphatic carbocycles. The molecule has 4 nitrogen and oxygen atoms in total. The molecule has 0 atom stereocenters. The summed E-state index contributed by atoms with van der Waals surface area (Å²) in [4.78, 5) is 0. The maximum Gasteiger partial charge on any atom is 0.193 e. The molecule has 0 bridgehead atoms. The molecular weight excluding hydrogens is 227 g/mol. The fraction of sp³-hybridized carbons (Fsp3) is 0.500. The minimum absolute atomic E-state index is 0.200. The summed E-state index contributed by atoms with van der Waals surface area (Å²) in [6.45, 7) is 3.49. The van der Waals surface area contributed by atoms with Gasteiger partial charge in [-0.15, -0.1) is 10.2 Å². The second-order valence-electron chi connectivity index (χ2n) is 2.37. The first-order chi connectivity index (χ1) is 6.74. The summed E-state index contributed by atoms with van der Waals surface area (Å²) in [7, 11) is 0. The molecule has 0 N–H and O–H groups in total. The Bertz CT molecular complexity index is 297. The average Bonchev–Trinajstić information content (AvgIpc) is 2.18. The zero-order valence-corrected chi connectivity index (χ0v) is 9.18. The van der Waals surface area contributed by atoms with Crippen LogP contribution in [0.2, 0.25) is 10.3 Å². The molecule has 0 unspecified atom stereocenters. The predicted octanol–water partition coefficient (Wildman–Crippen LogP) is 2.20. The van der Waals surface area contributed by atoms with Gasteiger partial charge in [-0.2, -0.15) is 0 Å². The van der Waals surface area contributed by atoms with E-state index in [2.05, 4.69) is 10.2 Å². The molecule has 78 valence electrons. The summed E-state index contributed by atoms with van der Waals surface area (Å²) in [6.07, 6.45) is 0. The Morgan fingerprint density at radius 3 is 2.79 bits per heavy atom. The Labute approximate surface area is 92.1 Å². The van der Waals surface area contributed by atoms with Crippen LogP contribution in [0.25, 0.3) is 0 Å². The standard InChI is InChI=1S/C8H10Cl2N2O2/c1-2-13-3-4-14-6-5-7(9)11-12-8(6)10/h5H,2-4H2,1H3. The quantitative estimate of drug-likeness (QED) is 0.736. The zero-order valence-electron chi connectivity index (χ0n) is 7.67. The Morgan fingerprint density at radius 1 is 1.29 bits per heavy atom. The molecule has 14 heavy (non-hydrogen) atoms. The van der Waals surface area contributed by atoms with Crippen molar-refractivity contribution in [2.75, 3.05) is 19.8 Å². The van der Waals surface area contributed by atoms with Crippen molar-refractivity contribution >= 4 is 23.2 Å². The van der Waals surface area contributed by atoms with Crippen LogP contribution in [0.3, 0.4) is 0 Å². The van der Waals surface area contributed by atoms with E-state index in [0.29, 0.717) is 25.6 Å². The number of aromatic nitrogens is 2. The molecule has 0 radical (unpaired) electrons. The number of hydrogen-bond acceptors (Lipinski definition) is 4. The van der Waals surface area contributed by atoms with E-state index in [0.717, 1.165) is 0 Å². The summed E-state index contributed by atoms with van der Waals surface area (Å²) >= 11 is 11.3. The lowest BCUT2D eigenvalue weighted by atomic mass is 10.5. The molecule has 0 spiro atoms. The number of rotatable bonds is 5. The molecule has 0 amide bonds. The molecule has 0 aliphatic heterocycles. The lowest BCUT2D eigenvalue weighted by Gasteiger charge is -2.06. The van der Waals surface area contributed by atoms with Crippen molar-refractivity contribution in [1.82, 2.24) is 10.2 Å². The predicted molar refractivity (Wildman–Crippen MR) is 54.0 cm³/mol. The SMILES string of the molecule is CCOCCOc1cc(Cl)nnc1Cl. The first-order valence-corrected chi connectivity index (χ1v) is 4.89. The number of nitrogens with zero attached hydrogens (tertiary/aromatic N) is 2. The highest BCUT2D eigenvalue weighted by Gasteiger charge is 2.04. The van der Waals surface area contributed by atoms with E-state index in [1.54, 1.807) is 0 Å². The maximum atomic E-state index is 5.71. The third kappa shape index (κ3) is 3.65. The normalized spacial score (nSPS) is 10.2. The van der Waals surface area contributed by atoms with Crippen LogP contribution < -0.4 is 4.74 Å². The molecule has 1 heterocycles. The van der Waals surface area contributed by atoms with E-state index in [1.165, 1.54) is 6.07 Å². The first-order valence-electron chi connectivity index (χ1n) is 4.13. The van der Waals surface area contributed by atoms with Gasteiger partial charge in [0.2, 0.25) is 0 Å². The van der Waals surface area contributed by atoms with Crippen molar-refractivity contribution < 1.29 is 9.47 Å². The van der Waals surface area contributed by atoms with E-state index in [9.17, 15) is 0 Å². The molecule has 1 aromatic rings. The minimum Gasteiger partial charge on any atom is -0.488 e. The fourth-order valence-electron chi connectivity index (χ4n) is 0.794. The number of ether oxygens (including phenoxy) is 2. The van der Waals surface area contributed by atoms with Crippen molar-refractivity contribution in [3.05, 3.63) is 16.4 Å². The molecule has 1 aromatic heterocycles. The summed E-state index contributed by atoms with van der Waals surface area (Å²) < 4.78 is 10.4. The molecular formula is C8H10Cl2N2O2. The maximum absolute atomic E-state index is 5.71. The monoisotopic (exact) mass is 236 g/mol. The summed E-state index contributed by atoms with van der Waals surface area (Å²) in [6, 6.07) is 1.52. The van der Waals surface area contributed by atoms with Crippen molar-refractivity contribution in [3.63, 3.8) is 0 Å². The highest BCUT2D eigenvalue weighted by molar-refractivity contribution is 6.32. The van der Waals surface area contributed by atoms with Crippen LogP contribution in [0.4, 0.5) is 0 Å². The van der Waals surface area contributed by atoms with Gasteiger partial charge in [-0.3, -0.25) is 0 Å². The lowest BCUT2D eigenvalue weighted by Crippen LogP contribution is -2.07. The molecule has 0 saturated carbocycles. The van der Waals surface area contributed by atoms with Gasteiger partial charge in [-0.1, -0.05) is 23.2 Å². The Kier molecular flexibility index (Phi) is 4.93. The Balaban J connectivity index is 2.45. The number of halogens is 2. The van der Waals surface area contributed by atoms with E-state index < -0.39 is 0 Å². The number of hydrogen-bond donors (Lipinski definition) is 0. The van der Waals surface area contributed by atoms with Crippen LogP contribution in [0.15, 0.2) is 6.07 Å². The molecule has 0 saturated heterocycles. The van der Waals surface area contributed by atoms with Gasteiger partial charge in [0.25, 0.3) is 0 Å². The second-order valence-corrected chi connectivity index (χ2v) is 3.11. The van der Waals surface area contributed by atoms with Gasteiger partial charge < -0.3 is 9.47 Å². The zero-order chi connectivity index (χ0) is 10.4. The highest BCUT2D eigenvalue weighted by Crippen LogP contribution is 2.22. The van der Waals surface area contributed by atoms with Crippen molar-refractivity contribution in [3.8, 4) is 5.75 Å². The van der Waals surface area contributed by atoms with E-state index >= 15 is 0 Å². The van der Waals surface area contributed by atoms with Gasteiger partial charge >= 0.3 is 0 Å². The lowest BCUT2D eigenvalue weighted by molar-refractivity contribution is 0.110. The minimum atomic E-state index is 0.200. The Morgan fingerprint density at radius 2 is 2.07 bits per heavy atom. The van der Waals surface area contributed by atoms with Gasteiger partial charge in [0.1, 0.15) is 6.61 Å². The van der Waals surface area contributed by atoms with Crippen molar-refractivity contribution in [2.24, 2.45) is 0 Å². The molecule has 0 aliphatic rings. The molecule has 0 aromatic carbocycles. The van der Waals surface area contributed by atoms with Crippen molar-refractivity contribution in [1.29, 1.82) is 0 Å². The van der Waals surface area contributed by atoms with Gasteiger partial charge in [0, 0.05) is 12.7 Å². The third-order valence-electron chi connectivity index (χ3n) is 1.38. The average molecular weight is 237 g/mol. The summed E-state index contributed by atoms with van der Waals surface area (Å²) in [5.41, 5.74) is 0. The highest BCUT2D eigenvalue weighted by atomic mass is 35.5. The van der Waals surface area contributed by atoms with Gasteiger partial charge in [-0.25, -0.2) is 0 Å². The van der Waals surface area contributed by atoms with Gasteiger partial charge in [0.15, 0.2) is 16.1 Å². The van der Waals surface area contributed by atoms with E-state index in [1.807, 2.05) is 6.92 Å². The van der Waals surface area contributed by atoms with Crippen LogP contribution in [0.1, 0.15) is 6.92 Å².